The van der Waals surface area contributed by atoms with E-state index >= 15 is 0 Å². The Morgan fingerprint density at radius 1 is 1.29 bits per heavy atom. The van der Waals surface area contributed by atoms with Gasteiger partial charge in [0.25, 0.3) is 0 Å². The minimum atomic E-state index is -0.0448. The number of unbranched alkanes of at least 4 members (excludes halogenated alkanes) is 1. The first-order valence-electron chi connectivity index (χ1n) is 5.55. The van der Waals surface area contributed by atoms with Crippen molar-refractivity contribution in [3.63, 3.8) is 0 Å². The second-order valence-corrected chi connectivity index (χ2v) is 3.39. The van der Waals surface area contributed by atoms with Crippen LogP contribution in [0.1, 0.15) is 39.5 Å². The molecule has 0 spiro atoms. The molecule has 14 heavy (non-hydrogen) atoms. The quantitative estimate of drug-likeness (QED) is 0.577. The van der Waals surface area contributed by atoms with Crippen LogP contribution in [0.15, 0.2) is 0 Å². The predicted molar refractivity (Wildman–Crippen MR) is 58.0 cm³/mol. The summed E-state index contributed by atoms with van der Waals surface area (Å²) in [6.45, 7) is 6.66. The van der Waals surface area contributed by atoms with Gasteiger partial charge in [0.2, 0.25) is 0 Å². The topological polar surface area (TPSA) is 45.0 Å². The lowest BCUT2D eigenvalue weighted by molar-refractivity contribution is 0.125. The van der Waals surface area contributed by atoms with Crippen LogP contribution in [0.25, 0.3) is 0 Å². The minimum absolute atomic E-state index is 0.0448. The van der Waals surface area contributed by atoms with Gasteiger partial charge in [-0.3, -0.25) is 0 Å². The first kappa shape index (κ1) is 13.4. The Balaban J connectivity index is 3.30. The second kappa shape index (κ2) is 10.5. The zero-order valence-corrected chi connectivity index (χ0v) is 9.38. The molecule has 1 atom stereocenters. The molecule has 0 rings (SSSR count). The molecule has 0 aliphatic carbocycles. The Kier molecular flexibility index (Phi) is 10.0. The van der Waals surface area contributed by atoms with E-state index in [1.165, 1.54) is 0 Å². The lowest BCUT2D eigenvalue weighted by Gasteiger charge is -2.10. The first-order chi connectivity index (χ1) is 6.85. The largest absolute Gasteiger partial charge is 0.381 e. The predicted octanol–water partition coefficient (Wildman–Crippen LogP) is 2.08. The number of nitrogens with zero attached hydrogens (tertiary/aromatic N) is 1. The maximum atomic E-state index is 8.79. The van der Waals surface area contributed by atoms with Crippen molar-refractivity contribution in [2.75, 3.05) is 19.8 Å². The van der Waals surface area contributed by atoms with Crippen LogP contribution in [0.5, 0.6) is 0 Å². The highest BCUT2D eigenvalue weighted by molar-refractivity contribution is 4.89. The third kappa shape index (κ3) is 8.03. The van der Waals surface area contributed by atoms with Gasteiger partial charge in [0.1, 0.15) is 0 Å². The Bertz CT molecular complexity index is 154. The number of hydrogen-bond donors (Lipinski definition) is 1. The standard InChI is InChI=1S/C11H22N2O/c1-3-5-8-14-9-6-11(10-12)13-7-4-2/h11,13H,3-9H2,1-2H3. The average molecular weight is 198 g/mol. The molecule has 0 saturated heterocycles. The van der Waals surface area contributed by atoms with E-state index in [1.54, 1.807) is 0 Å². The third-order valence-electron chi connectivity index (χ3n) is 1.99. The summed E-state index contributed by atoms with van der Waals surface area (Å²) >= 11 is 0. The van der Waals surface area contributed by atoms with Crippen LogP contribution in [0.3, 0.4) is 0 Å². The van der Waals surface area contributed by atoms with Crippen molar-refractivity contribution in [2.24, 2.45) is 0 Å². The van der Waals surface area contributed by atoms with E-state index < -0.39 is 0 Å². The molecule has 0 heterocycles. The average Bonchev–Trinajstić information content (AvgIpc) is 2.22. The molecule has 82 valence electrons. The van der Waals surface area contributed by atoms with Gasteiger partial charge in [0.05, 0.1) is 12.1 Å². The monoisotopic (exact) mass is 198 g/mol. The second-order valence-electron chi connectivity index (χ2n) is 3.39. The summed E-state index contributed by atoms with van der Waals surface area (Å²) < 4.78 is 5.40. The van der Waals surface area contributed by atoms with E-state index in [0.717, 1.165) is 38.8 Å². The van der Waals surface area contributed by atoms with Crippen LogP contribution in [0.2, 0.25) is 0 Å². The van der Waals surface area contributed by atoms with E-state index in [9.17, 15) is 0 Å². The van der Waals surface area contributed by atoms with Crippen LogP contribution in [-0.4, -0.2) is 25.8 Å². The highest BCUT2D eigenvalue weighted by atomic mass is 16.5. The molecule has 0 saturated carbocycles. The molecule has 1 N–H and O–H groups in total. The molecule has 0 aliphatic heterocycles. The van der Waals surface area contributed by atoms with Crippen LogP contribution in [-0.2, 0) is 4.74 Å². The van der Waals surface area contributed by atoms with Gasteiger partial charge in [-0.15, -0.1) is 0 Å². The van der Waals surface area contributed by atoms with Crippen molar-refractivity contribution in [2.45, 2.75) is 45.6 Å². The van der Waals surface area contributed by atoms with Crippen LogP contribution in [0, 0.1) is 11.3 Å². The summed E-state index contributed by atoms with van der Waals surface area (Å²) in [5.74, 6) is 0. The zero-order chi connectivity index (χ0) is 10.6. The minimum Gasteiger partial charge on any atom is -0.381 e. The van der Waals surface area contributed by atoms with E-state index in [1.807, 2.05) is 0 Å². The summed E-state index contributed by atoms with van der Waals surface area (Å²) in [5, 5.41) is 12.0. The summed E-state index contributed by atoms with van der Waals surface area (Å²) in [6.07, 6.45) is 4.13. The molecule has 0 bridgehead atoms. The summed E-state index contributed by atoms with van der Waals surface area (Å²) in [6, 6.07) is 2.19. The maximum absolute atomic E-state index is 8.79. The maximum Gasteiger partial charge on any atom is 0.0975 e. The van der Waals surface area contributed by atoms with Gasteiger partial charge in [-0.2, -0.15) is 5.26 Å². The third-order valence-corrected chi connectivity index (χ3v) is 1.99. The van der Waals surface area contributed by atoms with Crippen LogP contribution in [0.4, 0.5) is 0 Å². The molecule has 0 radical (unpaired) electrons. The Hall–Kier alpha value is -0.590. The molecule has 0 aromatic carbocycles. The normalized spacial score (nSPS) is 12.4. The molecule has 0 aromatic heterocycles. The van der Waals surface area contributed by atoms with Crippen molar-refractivity contribution in [1.29, 1.82) is 5.26 Å². The van der Waals surface area contributed by atoms with Gasteiger partial charge in [0.15, 0.2) is 0 Å². The summed E-state index contributed by atoms with van der Waals surface area (Å²) in [4.78, 5) is 0. The van der Waals surface area contributed by atoms with Gasteiger partial charge in [-0.25, -0.2) is 0 Å². The van der Waals surface area contributed by atoms with E-state index in [4.69, 9.17) is 10.00 Å². The molecular weight excluding hydrogens is 176 g/mol. The van der Waals surface area contributed by atoms with Crippen molar-refractivity contribution >= 4 is 0 Å². The molecular formula is C11H22N2O. The number of nitriles is 1. The fourth-order valence-corrected chi connectivity index (χ4v) is 1.08. The van der Waals surface area contributed by atoms with Gasteiger partial charge in [-0.1, -0.05) is 20.3 Å². The lowest BCUT2D eigenvalue weighted by atomic mass is 10.2. The Morgan fingerprint density at radius 2 is 2.07 bits per heavy atom. The fourth-order valence-electron chi connectivity index (χ4n) is 1.08. The zero-order valence-electron chi connectivity index (χ0n) is 9.38. The number of nitrogens with one attached hydrogen (secondary N) is 1. The Labute approximate surface area is 87.4 Å². The van der Waals surface area contributed by atoms with Crippen LogP contribution >= 0.6 is 0 Å². The number of rotatable bonds is 9. The van der Waals surface area contributed by atoms with E-state index in [0.29, 0.717) is 6.61 Å². The van der Waals surface area contributed by atoms with Crippen molar-refractivity contribution in [1.82, 2.24) is 5.32 Å². The molecule has 0 fully saturated rings. The van der Waals surface area contributed by atoms with E-state index in [2.05, 4.69) is 25.2 Å². The molecule has 0 aliphatic rings. The lowest BCUT2D eigenvalue weighted by Crippen LogP contribution is -2.29. The fraction of sp³-hybridized carbons (Fsp3) is 0.909. The molecule has 0 amide bonds. The smallest absolute Gasteiger partial charge is 0.0975 e. The van der Waals surface area contributed by atoms with Crippen molar-refractivity contribution in [3.8, 4) is 6.07 Å². The van der Waals surface area contributed by atoms with Gasteiger partial charge in [-0.05, 0) is 25.8 Å². The SMILES string of the molecule is CCCCOCCC(C#N)NCCC. The summed E-state index contributed by atoms with van der Waals surface area (Å²) in [7, 11) is 0. The van der Waals surface area contributed by atoms with Gasteiger partial charge < -0.3 is 10.1 Å². The van der Waals surface area contributed by atoms with Crippen molar-refractivity contribution < 1.29 is 4.74 Å². The summed E-state index contributed by atoms with van der Waals surface area (Å²) in [5.41, 5.74) is 0. The number of ether oxygens (including phenoxy) is 1. The van der Waals surface area contributed by atoms with Gasteiger partial charge >= 0.3 is 0 Å². The molecule has 3 heteroatoms. The van der Waals surface area contributed by atoms with Crippen LogP contribution < -0.4 is 5.32 Å². The number of hydrogen-bond acceptors (Lipinski definition) is 3. The van der Waals surface area contributed by atoms with E-state index in [-0.39, 0.29) is 6.04 Å². The molecule has 0 aromatic rings. The Morgan fingerprint density at radius 3 is 2.64 bits per heavy atom. The molecule has 1 unspecified atom stereocenters. The highest BCUT2D eigenvalue weighted by Gasteiger charge is 2.04. The van der Waals surface area contributed by atoms with Crippen molar-refractivity contribution in [3.05, 3.63) is 0 Å². The molecule has 3 nitrogen and oxygen atoms in total. The van der Waals surface area contributed by atoms with Gasteiger partial charge in [0, 0.05) is 13.2 Å². The first-order valence-corrected chi connectivity index (χ1v) is 5.55. The highest BCUT2D eigenvalue weighted by Crippen LogP contribution is 1.94.